The molecule has 0 radical (unpaired) electrons. The van der Waals surface area contributed by atoms with Crippen molar-refractivity contribution >= 4 is 46.3 Å². The lowest BCUT2D eigenvalue weighted by Crippen LogP contribution is -2.28. The zero-order chi connectivity index (χ0) is 14.9. The number of benzene rings is 1. The number of nitrogens with zero attached hydrogens (tertiary/aromatic N) is 1. The maximum atomic E-state index is 11.8. The Morgan fingerprint density at radius 2 is 1.95 bits per heavy atom. The van der Waals surface area contributed by atoms with E-state index in [0.717, 1.165) is 5.57 Å². The Morgan fingerprint density at radius 3 is 2.50 bits per heavy atom. The highest BCUT2D eigenvalue weighted by atomic mass is 35.5. The summed E-state index contributed by atoms with van der Waals surface area (Å²) in [7, 11) is 0. The molecule has 0 unspecified atom stereocenters. The molecule has 0 fully saturated rings. The van der Waals surface area contributed by atoms with Gasteiger partial charge in [0.25, 0.3) is 0 Å². The van der Waals surface area contributed by atoms with Crippen LogP contribution in [0.25, 0.3) is 5.57 Å². The van der Waals surface area contributed by atoms with Gasteiger partial charge in [-0.05, 0) is 23.3 Å². The van der Waals surface area contributed by atoms with E-state index < -0.39 is 5.97 Å². The van der Waals surface area contributed by atoms with E-state index in [1.165, 1.54) is 11.0 Å². The molecule has 0 saturated carbocycles. The second kappa shape index (κ2) is 5.73. The molecular formula is C13H12Cl2N2O3. The van der Waals surface area contributed by atoms with Crippen molar-refractivity contribution in [1.29, 1.82) is 0 Å². The fourth-order valence-electron chi connectivity index (χ4n) is 1.93. The minimum absolute atomic E-state index is 0.0872. The molecule has 1 aliphatic rings. The van der Waals surface area contributed by atoms with Gasteiger partial charge < -0.3 is 15.7 Å². The lowest BCUT2D eigenvalue weighted by atomic mass is 10.1. The normalized spacial score (nSPS) is 14.6. The molecule has 7 heteroatoms. The zero-order valence-corrected chi connectivity index (χ0v) is 11.9. The van der Waals surface area contributed by atoms with E-state index in [4.69, 9.17) is 34.0 Å². The third-order valence-electron chi connectivity index (χ3n) is 3.02. The summed E-state index contributed by atoms with van der Waals surface area (Å²) in [5.74, 6) is -1.16. The lowest BCUT2D eigenvalue weighted by molar-refractivity contribution is -0.137. The van der Waals surface area contributed by atoms with Gasteiger partial charge in [0, 0.05) is 19.2 Å². The van der Waals surface area contributed by atoms with E-state index in [1.807, 2.05) is 0 Å². The van der Waals surface area contributed by atoms with Crippen LogP contribution in [0.5, 0.6) is 0 Å². The standard InChI is InChI=1S/C13H12Cl2N2O3/c14-9-3-7(4-10(15)13(9)16)8-5-11(18)17(6-8)2-1-12(19)20/h3-5H,1-2,6,16H2,(H,19,20). The van der Waals surface area contributed by atoms with Gasteiger partial charge in [0.15, 0.2) is 0 Å². The molecule has 1 aliphatic heterocycles. The average molecular weight is 315 g/mol. The van der Waals surface area contributed by atoms with Gasteiger partial charge in [0.05, 0.1) is 22.2 Å². The molecule has 106 valence electrons. The molecule has 0 atom stereocenters. The first-order valence-corrected chi connectivity index (χ1v) is 6.60. The van der Waals surface area contributed by atoms with Gasteiger partial charge in [-0.3, -0.25) is 9.59 Å². The molecule has 1 heterocycles. The molecule has 0 aromatic heterocycles. The summed E-state index contributed by atoms with van der Waals surface area (Å²) < 4.78 is 0. The number of nitrogen functional groups attached to an aromatic ring is 1. The van der Waals surface area contributed by atoms with E-state index in [2.05, 4.69) is 0 Å². The topological polar surface area (TPSA) is 83.6 Å². The molecule has 1 aromatic carbocycles. The van der Waals surface area contributed by atoms with Crippen molar-refractivity contribution < 1.29 is 14.7 Å². The first-order chi connectivity index (χ1) is 9.38. The lowest BCUT2D eigenvalue weighted by Gasteiger charge is -2.15. The maximum absolute atomic E-state index is 11.8. The van der Waals surface area contributed by atoms with Crippen LogP contribution in [-0.2, 0) is 9.59 Å². The average Bonchev–Trinajstić information content (AvgIpc) is 2.74. The Morgan fingerprint density at radius 1 is 1.35 bits per heavy atom. The van der Waals surface area contributed by atoms with Crippen molar-refractivity contribution in [2.75, 3.05) is 18.8 Å². The minimum atomic E-state index is -0.940. The number of rotatable bonds is 4. The van der Waals surface area contributed by atoms with Crippen LogP contribution in [0, 0.1) is 0 Å². The Bertz CT molecular complexity index is 591. The third-order valence-corrected chi connectivity index (χ3v) is 3.64. The van der Waals surface area contributed by atoms with Crippen LogP contribution in [-0.4, -0.2) is 35.0 Å². The molecule has 20 heavy (non-hydrogen) atoms. The Labute approximate surface area is 125 Å². The van der Waals surface area contributed by atoms with E-state index in [-0.39, 0.29) is 18.9 Å². The van der Waals surface area contributed by atoms with Crippen molar-refractivity contribution in [2.45, 2.75) is 6.42 Å². The number of carbonyl (C=O) groups excluding carboxylic acids is 1. The van der Waals surface area contributed by atoms with Crippen molar-refractivity contribution in [2.24, 2.45) is 0 Å². The third kappa shape index (κ3) is 3.05. The largest absolute Gasteiger partial charge is 0.481 e. The number of carboxylic acids is 1. The molecule has 0 spiro atoms. The molecule has 1 amide bonds. The highest BCUT2D eigenvalue weighted by Crippen LogP contribution is 2.33. The van der Waals surface area contributed by atoms with Gasteiger partial charge in [-0.25, -0.2) is 0 Å². The summed E-state index contributed by atoms with van der Waals surface area (Å²) in [4.78, 5) is 23.8. The van der Waals surface area contributed by atoms with Crippen LogP contribution in [0.3, 0.4) is 0 Å². The van der Waals surface area contributed by atoms with Gasteiger partial charge in [-0.15, -0.1) is 0 Å². The second-order valence-corrected chi connectivity index (χ2v) is 5.24. The van der Waals surface area contributed by atoms with Crippen LogP contribution >= 0.6 is 23.2 Å². The number of hydrogen-bond acceptors (Lipinski definition) is 3. The quantitative estimate of drug-likeness (QED) is 0.835. The van der Waals surface area contributed by atoms with E-state index in [1.54, 1.807) is 12.1 Å². The summed E-state index contributed by atoms with van der Waals surface area (Å²) in [6.07, 6.45) is 1.37. The Kier molecular flexibility index (Phi) is 4.20. The van der Waals surface area contributed by atoms with Crippen molar-refractivity contribution in [3.63, 3.8) is 0 Å². The summed E-state index contributed by atoms with van der Waals surface area (Å²) in [6.45, 7) is 0.507. The SMILES string of the molecule is Nc1c(Cl)cc(C2=CC(=O)N(CCC(=O)O)C2)cc1Cl. The maximum Gasteiger partial charge on any atom is 0.305 e. The molecule has 3 N–H and O–H groups in total. The monoisotopic (exact) mass is 314 g/mol. The van der Waals surface area contributed by atoms with Crippen molar-refractivity contribution in [3.8, 4) is 0 Å². The molecule has 1 aromatic rings. The number of carboxylic acid groups (broad SMARTS) is 1. The van der Waals surface area contributed by atoms with Crippen LogP contribution in [0.15, 0.2) is 18.2 Å². The summed E-state index contributed by atoms with van der Waals surface area (Å²) in [5.41, 5.74) is 7.40. The number of anilines is 1. The van der Waals surface area contributed by atoms with Crippen molar-refractivity contribution in [3.05, 3.63) is 33.8 Å². The molecule has 0 aliphatic carbocycles. The summed E-state index contributed by atoms with van der Waals surface area (Å²) in [5, 5.41) is 9.29. The molecular weight excluding hydrogens is 303 g/mol. The number of aliphatic carboxylic acids is 1. The molecule has 0 bridgehead atoms. The predicted octanol–water partition coefficient (Wildman–Crippen LogP) is 2.28. The van der Waals surface area contributed by atoms with E-state index in [0.29, 0.717) is 27.8 Å². The first-order valence-electron chi connectivity index (χ1n) is 5.84. The van der Waals surface area contributed by atoms with Crippen LogP contribution in [0.2, 0.25) is 10.0 Å². The predicted molar refractivity (Wildman–Crippen MR) is 77.7 cm³/mol. The number of amides is 1. The highest BCUT2D eigenvalue weighted by molar-refractivity contribution is 6.39. The summed E-state index contributed by atoms with van der Waals surface area (Å²) in [6, 6.07) is 3.28. The fraction of sp³-hybridized carbons (Fsp3) is 0.231. The van der Waals surface area contributed by atoms with Crippen LogP contribution < -0.4 is 5.73 Å². The number of hydrogen-bond donors (Lipinski definition) is 2. The molecule has 5 nitrogen and oxygen atoms in total. The first kappa shape index (κ1) is 14.7. The van der Waals surface area contributed by atoms with E-state index >= 15 is 0 Å². The minimum Gasteiger partial charge on any atom is -0.481 e. The van der Waals surface area contributed by atoms with Gasteiger partial charge in [0.1, 0.15) is 0 Å². The molecule has 2 rings (SSSR count). The van der Waals surface area contributed by atoms with Crippen LogP contribution in [0.4, 0.5) is 5.69 Å². The Hall–Kier alpha value is -1.72. The second-order valence-electron chi connectivity index (χ2n) is 4.43. The van der Waals surface area contributed by atoms with Crippen molar-refractivity contribution in [1.82, 2.24) is 4.90 Å². The number of carbonyl (C=O) groups is 2. The van der Waals surface area contributed by atoms with E-state index in [9.17, 15) is 9.59 Å². The fourth-order valence-corrected chi connectivity index (χ4v) is 2.42. The molecule has 0 saturated heterocycles. The number of halogens is 2. The van der Waals surface area contributed by atoms with Gasteiger partial charge in [0.2, 0.25) is 5.91 Å². The Balaban J connectivity index is 2.17. The van der Waals surface area contributed by atoms with Crippen LogP contribution in [0.1, 0.15) is 12.0 Å². The smallest absolute Gasteiger partial charge is 0.305 e. The zero-order valence-electron chi connectivity index (χ0n) is 10.4. The van der Waals surface area contributed by atoms with Gasteiger partial charge in [-0.1, -0.05) is 23.2 Å². The summed E-state index contributed by atoms with van der Waals surface area (Å²) >= 11 is 11.9. The van der Waals surface area contributed by atoms with Gasteiger partial charge in [-0.2, -0.15) is 0 Å². The highest BCUT2D eigenvalue weighted by Gasteiger charge is 2.23. The number of nitrogens with two attached hydrogens (primary N) is 1. The van der Waals surface area contributed by atoms with Gasteiger partial charge >= 0.3 is 5.97 Å².